The van der Waals surface area contributed by atoms with Crippen LogP contribution < -0.4 is 5.32 Å². The van der Waals surface area contributed by atoms with Crippen LogP contribution in [0.1, 0.15) is 5.56 Å². The van der Waals surface area contributed by atoms with Gasteiger partial charge in [0.1, 0.15) is 0 Å². The van der Waals surface area contributed by atoms with Gasteiger partial charge in [0.15, 0.2) is 0 Å². The molecule has 0 saturated carbocycles. The number of rotatable bonds is 11. The van der Waals surface area contributed by atoms with E-state index in [9.17, 15) is 0 Å². The van der Waals surface area contributed by atoms with E-state index in [4.69, 9.17) is 14.2 Å². The van der Waals surface area contributed by atoms with Crippen molar-refractivity contribution in [2.24, 2.45) is 0 Å². The van der Waals surface area contributed by atoms with Crippen molar-refractivity contribution < 1.29 is 14.2 Å². The van der Waals surface area contributed by atoms with Crippen molar-refractivity contribution in [2.75, 3.05) is 46.7 Å². The van der Waals surface area contributed by atoms with E-state index in [0.717, 1.165) is 17.6 Å². The first-order chi connectivity index (χ1) is 9.33. The maximum atomic E-state index is 5.44. The van der Waals surface area contributed by atoms with Gasteiger partial charge in [0.05, 0.1) is 33.0 Å². The summed E-state index contributed by atoms with van der Waals surface area (Å²) in [7, 11) is 1.66. The van der Waals surface area contributed by atoms with E-state index in [1.54, 1.807) is 7.11 Å². The molecule has 0 aliphatic rings. The molecule has 5 heteroatoms. The number of benzene rings is 1. The lowest BCUT2D eigenvalue weighted by molar-refractivity contribution is 0.0255. The van der Waals surface area contributed by atoms with E-state index in [1.807, 2.05) is 12.1 Å². The Morgan fingerprint density at radius 1 is 0.947 bits per heavy atom. The third-order valence-corrected chi connectivity index (χ3v) is 3.00. The van der Waals surface area contributed by atoms with Crippen molar-refractivity contribution in [3.63, 3.8) is 0 Å². The summed E-state index contributed by atoms with van der Waals surface area (Å²) < 4.78 is 16.7. The van der Waals surface area contributed by atoms with Gasteiger partial charge < -0.3 is 19.5 Å². The molecule has 0 aliphatic heterocycles. The molecule has 1 aromatic carbocycles. The van der Waals surface area contributed by atoms with Gasteiger partial charge in [-0.1, -0.05) is 28.1 Å². The predicted molar refractivity (Wildman–Crippen MR) is 79.4 cm³/mol. The third-order valence-electron chi connectivity index (χ3n) is 2.47. The molecule has 1 aromatic rings. The number of halogens is 1. The average molecular weight is 332 g/mol. The van der Waals surface area contributed by atoms with E-state index >= 15 is 0 Å². The fourth-order valence-electron chi connectivity index (χ4n) is 1.44. The summed E-state index contributed by atoms with van der Waals surface area (Å²) in [4.78, 5) is 0. The fourth-order valence-corrected chi connectivity index (χ4v) is 1.71. The average Bonchev–Trinajstić information content (AvgIpc) is 2.43. The Hall–Kier alpha value is -0.460. The van der Waals surface area contributed by atoms with E-state index in [0.29, 0.717) is 33.0 Å². The van der Waals surface area contributed by atoms with Crippen molar-refractivity contribution >= 4 is 15.9 Å². The molecule has 108 valence electrons. The van der Waals surface area contributed by atoms with Gasteiger partial charge in [-0.15, -0.1) is 0 Å². The predicted octanol–water partition coefficient (Wildman–Crippen LogP) is 2.22. The molecule has 0 fully saturated rings. The molecule has 0 atom stereocenters. The maximum Gasteiger partial charge on any atom is 0.0701 e. The fraction of sp³-hybridized carbons (Fsp3) is 0.571. The zero-order chi connectivity index (χ0) is 13.8. The van der Waals surface area contributed by atoms with Crippen molar-refractivity contribution in [2.45, 2.75) is 6.54 Å². The van der Waals surface area contributed by atoms with Crippen LogP contribution in [0.15, 0.2) is 28.7 Å². The highest BCUT2D eigenvalue weighted by molar-refractivity contribution is 9.10. The summed E-state index contributed by atoms with van der Waals surface area (Å²) >= 11 is 3.42. The van der Waals surface area contributed by atoms with E-state index in [1.165, 1.54) is 5.56 Å². The van der Waals surface area contributed by atoms with Gasteiger partial charge in [-0.05, 0) is 17.7 Å². The minimum absolute atomic E-state index is 0.621. The summed E-state index contributed by atoms with van der Waals surface area (Å²) in [6, 6.07) is 8.29. The van der Waals surface area contributed by atoms with E-state index in [-0.39, 0.29) is 0 Å². The quantitative estimate of drug-likeness (QED) is 0.631. The van der Waals surface area contributed by atoms with Gasteiger partial charge in [-0.2, -0.15) is 0 Å². The van der Waals surface area contributed by atoms with Crippen LogP contribution >= 0.6 is 15.9 Å². The molecule has 4 nitrogen and oxygen atoms in total. The number of hydrogen-bond acceptors (Lipinski definition) is 4. The largest absolute Gasteiger partial charge is 0.382 e. The molecule has 0 aromatic heterocycles. The van der Waals surface area contributed by atoms with Gasteiger partial charge in [-0.3, -0.25) is 0 Å². The van der Waals surface area contributed by atoms with Gasteiger partial charge >= 0.3 is 0 Å². The maximum absolute atomic E-state index is 5.44. The van der Waals surface area contributed by atoms with Gasteiger partial charge in [-0.25, -0.2) is 0 Å². The second-order valence-corrected chi connectivity index (χ2v) is 4.94. The highest BCUT2D eigenvalue weighted by Gasteiger charge is 1.93. The zero-order valence-electron chi connectivity index (χ0n) is 11.4. The Balaban J connectivity index is 1.87. The van der Waals surface area contributed by atoms with Crippen LogP contribution in [0.5, 0.6) is 0 Å². The SMILES string of the molecule is COCCOCCOCCNCc1ccc(Br)cc1. The molecule has 1 N–H and O–H groups in total. The molecule has 0 aliphatic carbocycles. The Bertz CT molecular complexity index is 319. The van der Waals surface area contributed by atoms with Crippen LogP contribution in [0.2, 0.25) is 0 Å². The molecule has 0 bridgehead atoms. The lowest BCUT2D eigenvalue weighted by Gasteiger charge is -2.07. The number of hydrogen-bond donors (Lipinski definition) is 1. The molecular formula is C14H22BrNO3. The normalized spacial score (nSPS) is 10.8. The monoisotopic (exact) mass is 331 g/mol. The molecule has 0 radical (unpaired) electrons. The first-order valence-electron chi connectivity index (χ1n) is 6.42. The summed E-state index contributed by atoms with van der Waals surface area (Å²) in [6.45, 7) is 4.91. The minimum atomic E-state index is 0.621. The standard InChI is InChI=1S/C14H22BrNO3/c1-17-8-9-19-11-10-18-7-6-16-12-13-2-4-14(15)5-3-13/h2-5,16H,6-12H2,1H3. The topological polar surface area (TPSA) is 39.7 Å². The molecule has 19 heavy (non-hydrogen) atoms. The molecule has 1 rings (SSSR count). The molecule has 0 amide bonds. The van der Waals surface area contributed by atoms with Crippen LogP contribution in [0.4, 0.5) is 0 Å². The first kappa shape index (κ1) is 16.6. The Labute approximate surface area is 123 Å². The Morgan fingerprint density at radius 2 is 1.58 bits per heavy atom. The van der Waals surface area contributed by atoms with Crippen molar-refractivity contribution in [1.82, 2.24) is 5.32 Å². The zero-order valence-corrected chi connectivity index (χ0v) is 12.9. The summed E-state index contributed by atoms with van der Waals surface area (Å²) in [5, 5.41) is 3.33. The van der Waals surface area contributed by atoms with Crippen LogP contribution in [0.25, 0.3) is 0 Å². The third kappa shape index (κ3) is 9.13. The molecule has 0 heterocycles. The second-order valence-electron chi connectivity index (χ2n) is 4.02. The van der Waals surface area contributed by atoms with E-state index < -0.39 is 0 Å². The molecular weight excluding hydrogens is 310 g/mol. The first-order valence-corrected chi connectivity index (χ1v) is 7.22. The number of methoxy groups -OCH3 is 1. The van der Waals surface area contributed by atoms with Crippen LogP contribution in [0.3, 0.4) is 0 Å². The minimum Gasteiger partial charge on any atom is -0.382 e. The number of nitrogens with one attached hydrogen (secondary N) is 1. The van der Waals surface area contributed by atoms with Crippen LogP contribution in [0, 0.1) is 0 Å². The Morgan fingerprint density at radius 3 is 2.26 bits per heavy atom. The molecule has 0 saturated heterocycles. The van der Waals surface area contributed by atoms with Gasteiger partial charge in [0.2, 0.25) is 0 Å². The highest BCUT2D eigenvalue weighted by Crippen LogP contribution is 2.09. The van der Waals surface area contributed by atoms with Gasteiger partial charge in [0, 0.05) is 24.7 Å². The van der Waals surface area contributed by atoms with Crippen molar-refractivity contribution in [3.8, 4) is 0 Å². The molecule has 0 spiro atoms. The van der Waals surface area contributed by atoms with Crippen LogP contribution in [-0.2, 0) is 20.8 Å². The summed E-state index contributed by atoms with van der Waals surface area (Å²) in [5.41, 5.74) is 1.27. The van der Waals surface area contributed by atoms with Crippen molar-refractivity contribution in [1.29, 1.82) is 0 Å². The lowest BCUT2D eigenvalue weighted by atomic mass is 10.2. The molecule has 0 unspecified atom stereocenters. The second kappa shape index (κ2) is 11.4. The summed E-state index contributed by atoms with van der Waals surface area (Å²) in [6.07, 6.45) is 0. The van der Waals surface area contributed by atoms with Crippen LogP contribution in [-0.4, -0.2) is 46.7 Å². The Kier molecular flexibility index (Phi) is 9.93. The van der Waals surface area contributed by atoms with Crippen molar-refractivity contribution in [3.05, 3.63) is 34.3 Å². The van der Waals surface area contributed by atoms with E-state index in [2.05, 4.69) is 33.4 Å². The van der Waals surface area contributed by atoms with Gasteiger partial charge in [0.25, 0.3) is 0 Å². The lowest BCUT2D eigenvalue weighted by Crippen LogP contribution is -2.20. The highest BCUT2D eigenvalue weighted by atomic mass is 79.9. The number of ether oxygens (including phenoxy) is 3. The summed E-state index contributed by atoms with van der Waals surface area (Å²) in [5.74, 6) is 0. The smallest absolute Gasteiger partial charge is 0.0701 e.